The smallest absolute Gasteiger partial charge is 0.249 e. The van der Waals surface area contributed by atoms with Crippen molar-refractivity contribution in [2.45, 2.75) is 24.5 Å². The molecule has 1 amide bonds. The molecule has 2 aromatic carbocycles. The van der Waals surface area contributed by atoms with E-state index in [2.05, 4.69) is 5.32 Å². The Bertz CT molecular complexity index is 929. The highest BCUT2D eigenvalue weighted by molar-refractivity contribution is 7.95. The lowest BCUT2D eigenvalue weighted by Crippen LogP contribution is -2.57. The number of hydrogen-bond acceptors (Lipinski definition) is 4. The van der Waals surface area contributed by atoms with Gasteiger partial charge in [-0.3, -0.25) is 9.10 Å². The lowest BCUT2D eigenvalue weighted by Gasteiger charge is -2.39. The number of rotatable bonds is 4. The number of anilines is 2. The van der Waals surface area contributed by atoms with Crippen LogP contribution in [0, 0.1) is 0 Å². The molecule has 3 rings (SSSR count). The Morgan fingerprint density at radius 2 is 1.78 bits per heavy atom. The van der Waals surface area contributed by atoms with Gasteiger partial charge in [-0.1, -0.05) is 11.6 Å². The number of amides is 1. The van der Waals surface area contributed by atoms with Crippen LogP contribution in [0.15, 0.2) is 48.5 Å². The predicted molar refractivity (Wildman–Crippen MR) is 107 cm³/mol. The molecule has 1 saturated heterocycles. The fraction of sp³-hybridized carbons (Fsp3) is 0.316. The van der Waals surface area contributed by atoms with Gasteiger partial charge in [-0.05, 0) is 68.3 Å². The van der Waals surface area contributed by atoms with E-state index in [-0.39, 0.29) is 6.42 Å². The first-order valence-corrected chi connectivity index (χ1v) is 10.3. The van der Waals surface area contributed by atoms with Crippen LogP contribution in [-0.4, -0.2) is 32.7 Å². The van der Waals surface area contributed by atoms with Crippen LogP contribution in [0.1, 0.15) is 19.8 Å². The Morgan fingerprint density at radius 3 is 2.37 bits per heavy atom. The highest BCUT2D eigenvalue weighted by Gasteiger charge is 2.51. The highest BCUT2D eigenvalue weighted by atomic mass is 35.5. The average Bonchev–Trinajstić information content (AvgIpc) is 2.65. The molecular weight excluding hydrogens is 388 g/mol. The number of nitrogens with zero attached hydrogens (tertiary/aromatic N) is 1. The van der Waals surface area contributed by atoms with Crippen molar-refractivity contribution >= 4 is 38.9 Å². The van der Waals surface area contributed by atoms with E-state index in [0.29, 0.717) is 35.1 Å². The number of sulfonamides is 1. The van der Waals surface area contributed by atoms with Crippen LogP contribution in [0.25, 0.3) is 0 Å². The van der Waals surface area contributed by atoms with E-state index >= 15 is 0 Å². The van der Waals surface area contributed by atoms with Gasteiger partial charge in [0, 0.05) is 17.3 Å². The van der Waals surface area contributed by atoms with Gasteiger partial charge in [-0.15, -0.1) is 0 Å². The van der Waals surface area contributed by atoms with Gasteiger partial charge in [0.25, 0.3) is 0 Å². The molecule has 1 heterocycles. The molecular formula is C19H21ClN2O4S. The number of carbonyl (C=O) groups is 1. The van der Waals surface area contributed by atoms with E-state index in [1.807, 2.05) is 0 Å². The number of methoxy groups -OCH3 is 1. The minimum absolute atomic E-state index is 0.251. The van der Waals surface area contributed by atoms with E-state index in [4.69, 9.17) is 16.3 Å². The molecule has 0 bridgehead atoms. The van der Waals surface area contributed by atoms with Crippen LogP contribution >= 0.6 is 11.6 Å². The van der Waals surface area contributed by atoms with Crippen molar-refractivity contribution in [1.82, 2.24) is 0 Å². The molecule has 0 unspecified atom stereocenters. The van der Waals surface area contributed by atoms with E-state index in [1.165, 1.54) is 11.2 Å². The average molecular weight is 409 g/mol. The van der Waals surface area contributed by atoms with Crippen LogP contribution in [0.5, 0.6) is 5.75 Å². The van der Waals surface area contributed by atoms with Gasteiger partial charge in [0.2, 0.25) is 15.9 Å². The lowest BCUT2D eigenvalue weighted by atomic mass is 10.0. The Balaban J connectivity index is 1.88. The topological polar surface area (TPSA) is 75.7 Å². The number of halogens is 1. The van der Waals surface area contributed by atoms with Crippen LogP contribution < -0.4 is 14.4 Å². The van der Waals surface area contributed by atoms with Crippen molar-refractivity contribution in [3.8, 4) is 5.75 Å². The number of nitrogens with one attached hydrogen (secondary N) is 1. The number of ether oxygens (including phenoxy) is 1. The molecule has 0 spiro atoms. The zero-order chi connectivity index (χ0) is 19.7. The van der Waals surface area contributed by atoms with Crippen molar-refractivity contribution in [3.63, 3.8) is 0 Å². The van der Waals surface area contributed by atoms with Gasteiger partial charge in [-0.2, -0.15) is 0 Å². The standard InChI is InChI=1S/C19H21ClN2O4S/c1-19(18(23)21-15-6-10-17(26-2)11-7-15)12-3-13-22(27(19,24)25)16-8-4-14(20)5-9-16/h4-11H,3,12-13H2,1-2H3,(H,21,23)/t19-/m1/s1. The third-order valence-corrected chi connectivity index (χ3v) is 7.57. The monoisotopic (exact) mass is 408 g/mol. The normalized spacial score (nSPS) is 21.5. The van der Waals surface area contributed by atoms with E-state index in [9.17, 15) is 13.2 Å². The minimum atomic E-state index is -3.91. The molecule has 0 aromatic heterocycles. The maximum Gasteiger partial charge on any atom is 0.249 e. The maximum absolute atomic E-state index is 13.3. The summed E-state index contributed by atoms with van der Waals surface area (Å²) in [4.78, 5) is 12.9. The summed E-state index contributed by atoms with van der Waals surface area (Å²) in [5.41, 5.74) is 1.02. The summed E-state index contributed by atoms with van der Waals surface area (Å²) in [6.07, 6.45) is 0.829. The second kappa shape index (κ2) is 7.40. The number of hydrogen-bond donors (Lipinski definition) is 1. The summed E-state index contributed by atoms with van der Waals surface area (Å²) < 4.78 is 31.3. The van der Waals surface area contributed by atoms with Crippen LogP contribution in [0.4, 0.5) is 11.4 Å². The molecule has 1 fully saturated rings. The zero-order valence-corrected chi connectivity index (χ0v) is 16.7. The summed E-state index contributed by atoms with van der Waals surface area (Å²) in [5.74, 6) is 0.102. The molecule has 6 nitrogen and oxygen atoms in total. The van der Waals surface area contributed by atoms with Crippen LogP contribution in [0.2, 0.25) is 5.02 Å². The van der Waals surface area contributed by atoms with Gasteiger partial charge in [0.1, 0.15) is 5.75 Å². The number of benzene rings is 2. The Labute approximate surface area is 164 Å². The first-order valence-electron chi connectivity index (χ1n) is 8.51. The Kier molecular flexibility index (Phi) is 5.35. The molecule has 2 aromatic rings. The molecule has 0 radical (unpaired) electrons. The van der Waals surface area contributed by atoms with Gasteiger partial charge in [-0.25, -0.2) is 8.42 Å². The van der Waals surface area contributed by atoms with Gasteiger partial charge < -0.3 is 10.1 Å². The Morgan fingerprint density at radius 1 is 1.15 bits per heavy atom. The fourth-order valence-electron chi connectivity index (χ4n) is 3.10. The SMILES string of the molecule is COc1ccc(NC(=O)[C@@]2(C)CCCN(c3ccc(Cl)cc3)S2(=O)=O)cc1. The van der Waals surface area contributed by atoms with Crippen molar-refractivity contribution in [1.29, 1.82) is 0 Å². The molecule has 144 valence electrons. The van der Waals surface area contributed by atoms with Crippen LogP contribution in [-0.2, 0) is 14.8 Å². The van der Waals surface area contributed by atoms with Crippen LogP contribution in [0.3, 0.4) is 0 Å². The maximum atomic E-state index is 13.3. The second-order valence-corrected chi connectivity index (χ2v) is 9.30. The van der Waals surface area contributed by atoms with Gasteiger partial charge in [0.15, 0.2) is 4.75 Å². The summed E-state index contributed by atoms with van der Waals surface area (Å²) in [5, 5.41) is 3.24. The van der Waals surface area contributed by atoms with Crippen molar-refractivity contribution in [2.75, 3.05) is 23.3 Å². The second-order valence-electron chi connectivity index (χ2n) is 6.57. The fourth-order valence-corrected chi connectivity index (χ4v) is 5.16. The lowest BCUT2D eigenvalue weighted by molar-refractivity contribution is -0.118. The molecule has 1 atom stereocenters. The van der Waals surface area contributed by atoms with Gasteiger partial charge in [0.05, 0.1) is 12.8 Å². The summed E-state index contributed by atoms with van der Waals surface area (Å²) in [6.45, 7) is 1.80. The number of carbonyl (C=O) groups excluding carboxylic acids is 1. The largest absolute Gasteiger partial charge is 0.497 e. The van der Waals surface area contributed by atoms with Gasteiger partial charge >= 0.3 is 0 Å². The third kappa shape index (κ3) is 3.61. The van der Waals surface area contributed by atoms with Crippen molar-refractivity contribution in [3.05, 3.63) is 53.6 Å². The summed E-state index contributed by atoms with van der Waals surface area (Å²) >= 11 is 5.90. The molecule has 1 N–H and O–H groups in total. The zero-order valence-electron chi connectivity index (χ0n) is 15.1. The molecule has 1 aliphatic heterocycles. The molecule has 1 aliphatic rings. The molecule has 8 heteroatoms. The minimum Gasteiger partial charge on any atom is -0.497 e. The molecule has 27 heavy (non-hydrogen) atoms. The summed E-state index contributed by atoms with van der Waals surface area (Å²) in [7, 11) is -2.36. The van der Waals surface area contributed by atoms with Crippen molar-refractivity contribution in [2.24, 2.45) is 0 Å². The first-order chi connectivity index (χ1) is 12.8. The molecule has 0 aliphatic carbocycles. The predicted octanol–water partition coefficient (Wildman–Crippen LogP) is 3.68. The quantitative estimate of drug-likeness (QED) is 0.837. The summed E-state index contributed by atoms with van der Waals surface area (Å²) in [6, 6.07) is 13.3. The van der Waals surface area contributed by atoms with Crippen molar-refractivity contribution < 1.29 is 17.9 Å². The first kappa shape index (κ1) is 19.5. The Hall–Kier alpha value is -2.25. The molecule has 0 saturated carbocycles. The van der Waals surface area contributed by atoms with E-state index < -0.39 is 20.7 Å². The van der Waals surface area contributed by atoms with E-state index in [0.717, 1.165) is 0 Å². The third-order valence-electron chi connectivity index (χ3n) is 4.82. The highest BCUT2D eigenvalue weighted by Crippen LogP contribution is 2.36. The van der Waals surface area contributed by atoms with E-state index in [1.54, 1.807) is 55.6 Å².